The van der Waals surface area contributed by atoms with Crippen LogP contribution in [0.25, 0.3) is 10.2 Å². The summed E-state index contributed by atoms with van der Waals surface area (Å²) in [5.74, 6) is 0.464. The molecule has 3 nitrogen and oxygen atoms in total. The molecule has 6 heteroatoms. The monoisotopic (exact) mass is 319 g/mol. The first-order valence-corrected chi connectivity index (χ1v) is 8.63. The first kappa shape index (κ1) is 13.2. The molecule has 0 saturated heterocycles. The number of hydrogen-bond donors (Lipinski definition) is 1. The Bertz CT molecular complexity index is 808. The van der Waals surface area contributed by atoms with Gasteiger partial charge in [0.1, 0.15) is 11.3 Å². The molecule has 4 rings (SSSR count). The molecule has 108 valence electrons. The minimum absolute atomic E-state index is 0.274. The number of rotatable bonds is 2. The molecule has 0 amide bonds. The first-order valence-electron chi connectivity index (χ1n) is 6.99. The number of para-hydroxylation sites is 1. The molecule has 1 N–H and O–H groups in total. The molecule has 1 unspecified atom stereocenters. The molecule has 1 aliphatic rings. The van der Waals surface area contributed by atoms with E-state index in [0.717, 1.165) is 28.6 Å². The van der Waals surface area contributed by atoms with Crippen molar-refractivity contribution in [2.24, 2.45) is 5.92 Å². The molecule has 0 bridgehead atoms. The van der Waals surface area contributed by atoms with Gasteiger partial charge in [0.25, 0.3) is 0 Å². The highest BCUT2D eigenvalue weighted by Gasteiger charge is 2.20. The van der Waals surface area contributed by atoms with Crippen molar-refractivity contribution in [3.05, 3.63) is 34.6 Å². The second kappa shape index (κ2) is 5.03. The van der Waals surface area contributed by atoms with Gasteiger partial charge in [-0.3, -0.25) is 0 Å². The van der Waals surface area contributed by atoms with Gasteiger partial charge in [-0.1, -0.05) is 24.3 Å². The van der Waals surface area contributed by atoms with Crippen LogP contribution in [0.5, 0.6) is 0 Å². The van der Waals surface area contributed by atoms with Crippen molar-refractivity contribution in [2.75, 3.05) is 5.32 Å². The molecular formula is C15H14FN3S2. The quantitative estimate of drug-likeness (QED) is 0.740. The molecule has 21 heavy (non-hydrogen) atoms. The Hall–Kier alpha value is -1.53. The van der Waals surface area contributed by atoms with Crippen LogP contribution in [0.1, 0.15) is 23.9 Å². The third-order valence-electron chi connectivity index (χ3n) is 3.77. The second-order valence-corrected chi connectivity index (χ2v) is 7.58. The number of nitrogens with one attached hydrogen (secondary N) is 1. The lowest BCUT2D eigenvalue weighted by molar-refractivity contribution is 0.502. The zero-order chi connectivity index (χ0) is 14.4. The lowest BCUT2D eigenvalue weighted by atomic mass is 9.93. The van der Waals surface area contributed by atoms with Crippen LogP contribution >= 0.6 is 22.7 Å². The van der Waals surface area contributed by atoms with E-state index in [9.17, 15) is 4.39 Å². The largest absolute Gasteiger partial charge is 0.307 e. The van der Waals surface area contributed by atoms with Gasteiger partial charge in [-0.2, -0.15) is 0 Å². The van der Waals surface area contributed by atoms with Crippen molar-refractivity contribution in [3.63, 3.8) is 0 Å². The number of aryl methyl sites for hydroxylation is 1. The molecule has 0 spiro atoms. The highest BCUT2D eigenvalue weighted by atomic mass is 32.1. The number of thiazole rings is 2. The molecular weight excluding hydrogens is 305 g/mol. The average Bonchev–Trinajstić information content (AvgIpc) is 3.02. The average molecular weight is 319 g/mol. The van der Waals surface area contributed by atoms with E-state index in [4.69, 9.17) is 0 Å². The van der Waals surface area contributed by atoms with Gasteiger partial charge in [-0.25, -0.2) is 14.4 Å². The highest BCUT2D eigenvalue weighted by molar-refractivity contribution is 7.22. The lowest BCUT2D eigenvalue weighted by Gasteiger charge is -2.15. The zero-order valence-electron chi connectivity index (χ0n) is 11.5. The van der Waals surface area contributed by atoms with Crippen molar-refractivity contribution >= 4 is 43.2 Å². The molecule has 3 aromatic rings. The van der Waals surface area contributed by atoms with Crippen LogP contribution in [0.15, 0.2) is 18.2 Å². The van der Waals surface area contributed by atoms with E-state index in [1.165, 1.54) is 34.4 Å². The molecule has 0 fully saturated rings. The van der Waals surface area contributed by atoms with Crippen molar-refractivity contribution in [3.8, 4) is 0 Å². The fourth-order valence-electron chi connectivity index (χ4n) is 2.65. The topological polar surface area (TPSA) is 37.8 Å². The molecule has 1 aromatic carbocycles. The Morgan fingerprint density at radius 3 is 2.95 bits per heavy atom. The van der Waals surface area contributed by atoms with Crippen molar-refractivity contribution in [2.45, 2.75) is 26.2 Å². The van der Waals surface area contributed by atoms with Crippen LogP contribution in [-0.2, 0) is 12.8 Å². The van der Waals surface area contributed by atoms with Gasteiger partial charge in [0.05, 0.1) is 10.4 Å². The molecule has 0 radical (unpaired) electrons. The van der Waals surface area contributed by atoms with E-state index in [-0.39, 0.29) is 5.82 Å². The van der Waals surface area contributed by atoms with Gasteiger partial charge in [0.2, 0.25) is 0 Å². The number of hydrogen-bond acceptors (Lipinski definition) is 5. The Morgan fingerprint density at radius 1 is 1.24 bits per heavy atom. The number of anilines is 2. The number of fused-ring (bicyclic) bond motifs is 2. The number of benzene rings is 1. The van der Waals surface area contributed by atoms with Gasteiger partial charge in [0, 0.05) is 4.88 Å². The van der Waals surface area contributed by atoms with Crippen LogP contribution < -0.4 is 5.32 Å². The zero-order valence-corrected chi connectivity index (χ0v) is 13.2. The third kappa shape index (κ3) is 2.42. The van der Waals surface area contributed by atoms with E-state index < -0.39 is 0 Å². The van der Waals surface area contributed by atoms with E-state index >= 15 is 0 Å². The molecule has 2 heterocycles. The van der Waals surface area contributed by atoms with Crippen molar-refractivity contribution in [1.82, 2.24) is 9.97 Å². The van der Waals surface area contributed by atoms with Gasteiger partial charge in [0.15, 0.2) is 10.3 Å². The lowest BCUT2D eigenvalue weighted by Crippen LogP contribution is -2.09. The summed E-state index contributed by atoms with van der Waals surface area (Å²) in [5.41, 5.74) is 1.65. The van der Waals surface area contributed by atoms with E-state index in [0.29, 0.717) is 10.6 Å². The smallest absolute Gasteiger partial charge is 0.190 e. The fourth-order valence-corrected chi connectivity index (χ4v) is 4.77. The predicted octanol–water partition coefficient (Wildman–Crippen LogP) is 4.76. The van der Waals surface area contributed by atoms with E-state index in [2.05, 4.69) is 22.2 Å². The van der Waals surface area contributed by atoms with Crippen LogP contribution in [0.2, 0.25) is 0 Å². The maximum absolute atomic E-state index is 13.7. The second-order valence-electron chi connectivity index (χ2n) is 5.47. The SMILES string of the molecule is CC1CCc2nc(Nc3nc4c(F)cccc4s3)sc2C1. The summed E-state index contributed by atoms with van der Waals surface area (Å²) in [6.45, 7) is 2.28. The van der Waals surface area contributed by atoms with E-state index in [1.54, 1.807) is 17.4 Å². The third-order valence-corrected chi connectivity index (χ3v) is 5.74. The fraction of sp³-hybridized carbons (Fsp3) is 0.333. The number of nitrogens with zero attached hydrogens (tertiary/aromatic N) is 2. The summed E-state index contributed by atoms with van der Waals surface area (Å²) in [5, 5.41) is 4.81. The summed E-state index contributed by atoms with van der Waals surface area (Å²) in [6.07, 6.45) is 3.38. The molecule has 2 aromatic heterocycles. The molecule has 0 aliphatic heterocycles. The summed E-state index contributed by atoms with van der Waals surface area (Å²) >= 11 is 3.16. The van der Waals surface area contributed by atoms with Crippen molar-refractivity contribution < 1.29 is 4.39 Å². The summed E-state index contributed by atoms with van der Waals surface area (Å²) < 4.78 is 14.5. The summed E-state index contributed by atoms with van der Waals surface area (Å²) in [6, 6.07) is 5.04. The Labute approximate surface area is 129 Å². The highest BCUT2D eigenvalue weighted by Crippen LogP contribution is 2.35. The maximum Gasteiger partial charge on any atom is 0.190 e. The maximum atomic E-state index is 13.7. The van der Waals surface area contributed by atoms with Crippen LogP contribution in [0.4, 0.5) is 14.7 Å². The van der Waals surface area contributed by atoms with Gasteiger partial charge >= 0.3 is 0 Å². The van der Waals surface area contributed by atoms with Gasteiger partial charge in [-0.15, -0.1) is 11.3 Å². The minimum atomic E-state index is -0.274. The molecule has 0 saturated carbocycles. The Balaban J connectivity index is 1.64. The van der Waals surface area contributed by atoms with Crippen LogP contribution in [0.3, 0.4) is 0 Å². The normalized spacial score (nSPS) is 17.9. The predicted molar refractivity (Wildman–Crippen MR) is 86.2 cm³/mol. The van der Waals surface area contributed by atoms with Gasteiger partial charge in [-0.05, 0) is 37.3 Å². The Morgan fingerprint density at radius 2 is 2.10 bits per heavy atom. The van der Waals surface area contributed by atoms with Crippen LogP contribution in [0, 0.1) is 11.7 Å². The minimum Gasteiger partial charge on any atom is -0.307 e. The van der Waals surface area contributed by atoms with Crippen LogP contribution in [-0.4, -0.2) is 9.97 Å². The summed E-state index contributed by atoms with van der Waals surface area (Å²) in [4.78, 5) is 10.4. The standard InChI is InChI=1S/C15H14FN3S2/c1-8-5-6-10-12(7-8)21-14(17-10)19-15-18-13-9(16)3-2-4-11(13)20-15/h2-4,8H,5-7H2,1H3,(H,17,18,19). The molecule has 1 aliphatic carbocycles. The number of aromatic nitrogens is 2. The first-order chi connectivity index (χ1) is 10.2. The summed E-state index contributed by atoms with van der Waals surface area (Å²) in [7, 11) is 0. The molecule has 1 atom stereocenters. The van der Waals surface area contributed by atoms with Crippen molar-refractivity contribution in [1.29, 1.82) is 0 Å². The Kier molecular flexibility index (Phi) is 3.15. The van der Waals surface area contributed by atoms with E-state index in [1.807, 2.05) is 6.07 Å². The van der Waals surface area contributed by atoms with Gasteiger partial charge < -0.3 is 5.32 Å². The number of halogens is 1.